The van der Waals surface area contributed by atoms with Crippen molar-refractivity contribution in [2.45, 2.75) is 20.0 Å². The summed E-state index contributed by atoms with van der Waals surface area (Å²) in [6, 6.07) is 17.5. The van der Waals surface area contributed by atoms with E-state index in [4.69, 9.17) is 9.15 Å². The van der Waals surface area contributed by atoms with Crippen LogP contribution in [0.2, 0.25) is 0 Å². The lowest BCUT2D eigenvalue weighted by Gasteiger charge is -2.10. The molecule has 0 aliphatic rings. The van der Waals surface area contributed by atoms with E-state index in [0.717, 1.165) is 16.9 Å². The molecule has 0 aliphatic heterocycles. The minimum Gasteiger partial charge on any atom is -0.481 e. The third kappa shape index (κ3) is 2.94. The van der Waals surface area contributed by atoms with Crippen LogP contribution in [0.25, 0.3) is 11.5 Å². The highest BCUT2D eigenvalue weighted by atomic mass is 16.5. The molecule has 4 heteroatoms. The maximum atomic E-state index is 5.78. The highest BCUT2D eigenvalue weighted by Crippen LogP contribution is 2.25. The van der Waals surface area contributed by atoms with Crippen LogP contribution in [0.5, 0.6) is 5.75 Å². The van der Waals surface area contributed by atoms with Crippen LogP contribution in [0.3, 0.4) is 0 Å². The van der Waals surface area contributed by atoms with Crippen LogP contribution in [-0.2, 0) is 0 Å². The molecule has 2 aromatic carbocycles. The highest BCUT2D eigenvalue weighted by molar-refractivity contribution is 5.57. The van der Waals surface area contributed by atoms with Crippen molar-refractivity contribution in [3.05, 3.63) is 66.1 Å². The molecule has 0 N–H and O–H groups in total. The lowest BCUT2D eigenvalue weighted by molar-refractivity contribution is 0.189. The predicted octanol–water partition coefficient (Wildman–Crippen LogP) is 4.19. The zero-order chi connectivity index (χ0) is 14.7. The Kier molecular flexibility index (Phi) is 3.69. The fourth-order valence-electron chi connectivity index (χ4n) is 2.07. The van der Waals surface area contributed by atoms with Gasteiger partial charge < -0.3 is 9.15 Å². The van der Waals surface area contributed by atoms with Gasteiger partial charge in [-0.2, -0.15) is 0 Å². The Morgan fingerprint density at radius 1 is 0.952 bits per heavy atom. The van der Waals surface area contributed by atoms with Crippen LogP contribution >= 0.6 is 0 Å². The first-order valence-electron chi connectivity index (χ1n) is 6.85. The van der Waals surface area contributed by atoms with Gasteiger partial charge in [0.15, 0.2) is 6.10 Å². The lowest BCUT2D eigenvalue weighted by atomic mass is 10.1. The molecule has 4 nitrogen and oxygen atoms in total. The molecule has 1 aromatic heterocycles. The fourth-order valence-corrected chi connectivity index (χ4v) is 2.07. The predicted molar refractivity (Wildman–Crippen MR) is 80.0 cm³/mol. The zero-order valence-electron chi connectivity index (χ0n) is 12.0. The lowest BCUT2D eigenvalue weighted by Crippen LogP contribution is -2.03. The fraction of sp³-hybridized carbons (Fsp3) is 0.176. The van der Waals surface area contributed by atoms with E-state index in [-0.39, 0.29) is 6.10 Å². The van der Waals surface area contributed by atoms with Gasteiger partial charge in [0.2, 0.25) is 5.89 Å². The van der Waals surface area contributed by atoms with E-state index in [1.807, 2.05) is 68.4 Å². The van der Waals surface area contributed by atoms with Crippen LogP contribution in [0.4, 0.5) is 0 Å². The smallest absolute Gasteiger partial charge is 0.257 e. The summed E-state index contributed by atoms with van der Waals surface area (Å²) >= 11 is 0. The molecule has 106 valence electrons. The molecule has 1 heterocycles. The minimum atomic E-state index is -0.294. The number of aromatic nitrogens is 2. The van der Waals surface area contributed by atoms with Crippen molar-refractivity contribution in [2.75, 3.05) is 0 Å². The van der Waals surface area contributed by atoms with Gasteiger partial charge in [0.1, 0.15) is 5.75 Å². The third-order valence-corrected chi connectivity index (χ3v) is 3.22. The van der Waals surface area contributed by atoms with E-state index in [0.29, 0.717) is 11.8 Å². The Hall–Kier alpha value is -2.62. The molecule has 0 amide bonds. The van der Waals surface area contributed by atoms with E-state index < -0.39 is 0 Å². The van der Waals surface area contributed by atoms with Gasteiger partial charge in [0.05, 0.1) is 0 Å². The first-order chi connectivity index (χ1) is 10.2. The van der Waals surface area contributed by atoms with Crippen molar-refractivity contribution in [3.8, 4) is 17.2 Å². The Morgan fingerprint density at radius 2 is 1.67 bits per heavy atom. The summed E-state index contributed by atoms with van der Waals surface area (Å²) in [4.78, 5) is 0. The largest absolute Gasteiger partial charge is 0.481 e. The number of benzene rings is 2. The van der Waals surface area contributed by atoms with Gasteiger partial charge in [-0.3, -0.25) is 0 Å². The van der Waals surface area contributed by atoms with Crippen molar-refractivity contribution in [1.29, 1.82) is 0 Å². The standard InChI is InChI=1S/C17H16N2O2/c1-12-8-6-7-11-15(12)17-19-18-16(21-17)13(2)20-14-9-4-3-5-10-14/h3-11,13H,1-2H3. The van der Waals surface area contributed by atoms with E-state index in [1.54, 1.807) is 0 Å². The van der Waals surface area contributed by atoms with Crippen molar-refractivity contribution in [3.63, 3.8) is 0 Å². The second-order valence-corrected chi connectivity index (χ2v) is 4.83. The van der Waals surface area contributed by atoms with Gasteiger partial charge in [0, 0.05) is 5.56 Å². The monoisotopic (exact) mass is 280 g/mol. The van der Waals surface area contributed by atoms with Gasteiger partial charge >= 0.3 is 0 Å². The molecule has 3 rings (SSSR count). The van der Waals surface area contributed by atoms with Gasteiger partial charge in [0.25, 0.3) is 5.89 Å². The van der Waals surface area contributed by atoms with Gasteiger partial charge in [-0.15, -0.1) is 10.2 Å². The van der Waals surface area contributed by atoms with E-state index in [2.05, 4.69) is 10.2 Å². The molecule has 0 bridgehead atoms. The number of nitrogens with zero attached hydrogens (tertiary/aromatic N) is 2. The van der Waals surface area contributed by atoms with Crippen molar-refractivity contribution in [1.82, 2.24) is 10.2 Å². The molecule has 0 fully saturated rings. The summed E-state index contributed by atoms with van der Waals surface area (Å²) in [5.41, 5.74) is 2.05. The summed E-state index contributed by atoms with van der Waals surface area (Å²) < 4.78 is 11.5. The molecular formula is C17H16N2O2. The summed E-state index contributed by atoms with van der Waals surface area (Å²) in [6.45, 7) is 3.91. The summed E-state index contributed by atoms with van der Waals surface area (Å²) in [7, 11) is 0. The average Bonchev–Trinajstić information content (AvgIpc) is 2.98. The van der Waals surface area contributed by atoms with Crippen molar-refractivity contribution in [2.24, 2.45) is 0 Å². The summed E-state index contributed by atoms with van der Waals surface area (Å²) in [5, 5.41) is 8.20. The summed E-state index contributed by atoms with van der Waals surface area (Å²) in [5.74, 6) is 1.77. The van der Waals surface area contributed by atoms with Gasteiger partial charge in [-0.05, 0) is 37.6 Å². The maximum absolute atomic E-state index is 5.78. The van der Waals surface area contributed by atoms with Gasteiger partial charge in [-0.1, -0.05) is 36.4 Å². The Bertz CT molecular complexity index is 722. The molecule has 0 aliphatic carbocycles. The van der Waals surface area contributed by atoms with Crippen LogP contribution in [0, 0.1) is 6.92 Å². The topological polar surface area (TPSA) is 48.2 Å². The number of hydrogen-bond acceptors (Lipinski definition) is 4. The van der Waals surface area contributed by atoms with E-state index in [1.165, 1.54) is 0 Å². The molecule has 3 aromatic rings. The molecule has 0 saturated heterocycles. The maximum Gasteiger partial charge on any atom is 0.257 e. The zero-order valence-corrected chi connectivity index (χ0v) is 12.0. The molecule has 0 radical (unpaired) electrons. The summed E-state index contributed by atoms with van der Waals surface area (Å²) in [6.07, 6.45) is -0.294. The molecular weight excluding hydrogens is 264 g/mol. The Balaban J connectivity index is 1.80. The van der Waals surface area contributed by atoms with Crippen LogP contribution in [-0.4, -0.2) is 10.2 Å². The first-order valence-corrected chi connectivity index (χ1v) is 6.85. The SMILES string of the molecule is Cc1ccccc1-c1nnc(C(C)Oc2ccccc2)o1. The Morgan fingerprint density at radius 3 is 2.43 bits per heavy atom. The number of hydrogen-bond donors (Lipinski definition) is 0. The number of rotatable bonds is 4. The molecule has 1 atom stereocenters. The number of para-hydroxylation sites is 1. The van der Waals surface area contributed by atoms with Crippen LogP contribution in [0.15, 0.2) is 59.0 Å². The first kappa shape index (κ1) is 13.4. The van der Waals surface area contributed by atoms with Crippen molar-refractivity contribution >= 4 is 0 Å². The molecule has 1 unspecified atom stereocenters. The quantitative estimate of drug-likeness (QED) is 0.719. The number of aryl methyl sites for hydroxylation is 1. The van der Waals surface area contributed by atoms with Gasteiger partial charge in [-0.25, -0.2) is 0 Å². The van der Waals surface area contributed by atoms with Crippen LogP contribution in [0.1, 0.15) is 24.5 Å². The average molecular weight is 280 g/mol. The normalized spacial score (nSPS) is 12.1. The second-order valence-electron chi connectivity index (χ2n) is 4.83. The third-order valence-electron chi connectivity index (χ3n) is 3.22. The number of ether oxygens (including phenoxy) is 1. The highest BCUT2D eigenvalue weighted by Gasteiger charge is 2.17. The minimum absolute atomic E-state index is 0.294. The second kappa shape index (κ2) is 5.79. The van der Waals surface area contributed by atoms with E-state index >= 15 is 0 Å². The molecule has 21 heavy (non-hydrogen) atoms. The van der Waals surface area contributed by atoms with Crippen molar-refractivity contribution < 1.29 is 9.15 Å². The van der Waals surface area contributed by atoms with E-state index in [9.17, 15) is 0 Å². The molecule has 0 saturated carbocycles. The van der Waals surface area contributed by atoms with Crippen LogP contribution < -0.4 is 4.74 Å². The molecule has 0 spiro atoms. The Labute approximate surface area is 123 Å².